The summed E-state index contributed by atoms with van der Waals surface area (Å²) in [5, 5.41) is 8.73. The number of benzene rings is 1. The molecule has 1 aromatic rings. The number of ether oxygens (including phenoxy) is 1. The van der Waals surface area contributed by atoms with Crippen molar-refractivity contribution in [2.45, 2.75) is 6.54 Å². The first kappa shape index (κ1) is 13.3. The van der Waals surface area contributed by atoms with Crippen LogP contribution in [0.2, 0.25) is 0 Å². The maximum Gasteiger partial charge on any atom is 0.332 e. The van der Waals surface area contributed by atoms with E-state index in [2.05, 4.69) is 6.58 Å². The van der Waals surface area contributed by atoms with Gasteiger partial charge in [-0.1, -0.05) is 18.7 Å². The van der Waals surface area contributed by atoms with Gasteiger partial charge in [0.1, 0.15) is 5.75 Å². The van der Waals surface area contributed by atoms with Gasteiger partial charge in [-0.05, 0) is 24.7 Å². The number of aliphatic carboxylic acids is 1. The first-order chi connectivity index (χ1) is 8.02. The van der Waals surface area contributed by atoms with Gasteiger partial charge in [-0.2, -0.15) is 0 Å². The Morgan fingerprint density at radius 3 is 2.82 bits per heavy atom. The van der Waals surface area contributed by atoms with Crippen LogP contribution in [0.15, 0.2) is 36.4 Å². The molecular weight excluding hydrogens is 218 g/mol. The molecule has 0 saturated carbocycles. The summed E-state index contributed by atoms with van der Waals surface area (Å²) < 4.78 is 5.13. The van der Waals surface area contributed by atoms with Crippen LogP contribution in [0.3, 0.4) is 0 Å². The van der Waals surface area contributed by atoms with Crippen molar-refractivity contribution in [3.8, 4) is 5.75 Å². The van der Waals surface area contributed by atoms with Crippen LogP contribution in [0.5, 0.6) is 5.75 Å². The van der Waals surface area contributed by atoms with Crippen LogP contribution >= 0.6 is 0 Å². The highest BCUT2D eigenvalue weighted by atomic mass is 16.5. The summed E-state index contributed by atoms with van der Waals surface area (Å²) in [6, 6.07) is 7.69. The van der Waals surface area contributed by atoms with Crippen LogP contribution in [-0.4, -0.2) is 36.7 Å². The zero-order chi connectivity index (χ0) is 12.8. The molecule has 0 fully saturated rings. The van der Waals surface area contributed by atoms with Crippen molar-refractivity contribution in [3.05, 3.63) is 42.0 Å². The summed E-state index contributed by atoms with van der Waals surface area (Å²) in [6.45, 7) is 4.50. The number of methoxy groups -OCH3 is 1. The van der Waals surface area contributed by atoms with E-state index in [0.29, 0.717) is 13.1 Å². The zero-order valence-electron chi connectivity index (χ0n) is 10.1. The molecular formula is C13H17NO3. The summed E-state index contributed by atoms with van der Waals surface area (Å²) in [4.78, 5) is 12.5. The molecule has 0 heterocycles. The van der Waals surface area contributed by atoms with Crippen LogP contribution in [0.1, 0.15) is 5.56 Å². The van der Waals surface area contributed by atoms with Gasteiger partial charge in [-0.3, -0.25) is 4.90 Å². The number of nitrogens with zero attached hydrogens (tertiary/aromatic N) is 1. The molecule has 92 valence electrons. The summed E-state index contributed by atoms with van der Waals surface area (Å²) in [5.41, 5.74) is 1.26. The molecule has 4 heteroatoms. The van der Waals surface area contributed by atoms with Crippen molar-refractivity contribution in [1.29, 1.82) is 0 Å². The zero-order valence-corrected chi connectivity index (χ0v) is 10.1. The SMILES string of the molecule is C=C(CN(C)Cc1cccc(OC)c1)C(=O)O. The van der Waals surface area contributed by atoms with Crippen molar-refractivity contribution >= 4 is 5.97 Å². The molecule has 0 unspecified atom stereocenters. The average molecular weight is 235 g/mol. The fourth-order valence-corrected chi connectivity index (χ4v) is 1.53. The molecule has 0 aliphatic carbocycles. The first-order valence-corrected chi connectivity index (χ1v) is 5.25. The Morgan fingerprint density at radius 1 is 1.53 bits per heavy atom. The largest absolute Gasteiger partial charge is 0.497 e. The highest BCUT2D eigenvalue weighted by Crippen LogP contribution is 2.14. The highest BCUT2D eigenvalue weighted by Gasteiger charge is 2.08. The molecule has 1 N–H and O–H groups in total. The standard InChI is InChI=1S/C13H17NO3/c1-10(13(15)16)8-14(2)9-11-5-4-6-12(7-11)17-3/h4-7H,1,8-9H2,2-3H3,(H,15,16). The second-order valence-electron chi connectivity index (χ2n) is 3.93. The van der Waals surface area contributed by atoms with Gasteiger partial charge in [0, 0.05) is 18.7 Å². The van der Waals surface area contributed by atoms with E-state index < -0.39 is 5.97 Å². The normalized spacial score (nSPS) is 10.3. The molecule has 0 aromatic heterocycles. The molecule has 0 radical (unpaired) electrons. The lowest BCUT2D eigenvalue weighted by Crippen LogP contribution is -2.23. The van der Waals surface area contributed by atoms with Crippen LogP contribution in [0.25, 0.3) is 0 Å². The van der Waals surface area contributed by atoms with E-state index in [9.17, 15) is 4.79 Å². The molecule has 4 nitrogen and oxygen atoms in total. The van der Waals surface area contributed by atoms with E-state index in [-0.39, 0.29) is 5.57 Å². The molecule has 0 amide bonds. The monoisotopic (exact) mass is 235 g/mol. The minimum absolute atomic E-state index is 0.190. The van der Waals surface area contributed by atoms with E-state index in [1.807, 2.05) is 36.2 Å². The Balaban J connectivity index is 2.58. The highest BCUT2D eigenvalue weighted by molar-refractivity contribution is 5.86. The summed E-state index contributed by atoms with van der Waals surface area (Å²) in [5.74, 6) is -0.157. The molecule has 0 aliphatic heterocycles. The smallest absolute Gasteiger partial charge is 0.332 e. The Hall–Kier alpha value is -1.81. The number of carbonyl (C=O) groups is 1. The van der Waals surface area contributed by atoms with Crippen molar-refractivity contribution in [2.75, 3.05) is 20.7 Å². The lowest BCUT2D eigenvalue weighted by Gasteiger charge is -2.16. The van der Waals surface area contributed by atoms with E-state index in [4.69, 9.17) is 9.84 Å². The number of hydrogen-bond acceptors (Lipinski definition) is 3. The Labute approximate surface area is 101 Å². The predicted octanol–water partition coefficient (Wildman–Crippen LogP) is 1.77. The van der Waals surface area contributed by atoms with Crippen molar-refractivity contribution in [1.82, 2.24) is 4.90 Å². The van der Waals surface area contributed by atoms with Crippen LogP contribution in [-0.2, 0) is 11.3 Å². The molecule has 0 aliphatic rings. The van der Waals surface area contributed by atoms with Crippen molar-refractivity contribution in [3.63, 3.8) is 0 Å². The van der Waals surface area contributed by atoms with Crippen molar-refractivity contribution in [2.24, 2.45) is 0 Å². The van der Waals surface area contributed by atoms with Gasteiger partial charge < -0.3 is 9.84 Å². The molecule has 0 saturated heterocycles. The molecule has 1 aromatic carbocycles. The molecule has 0 bridgehead atoms. The first-order valence-electron chi connectivity index (χ1n) is 5.25. The van der Waals surface area contributed by atoms with E-state index in [1.54, 1.807) is 7.11 Å². The predicted molar refractivity (Wildman–Crippen MR) is 66.1 cm³/mol. The van der Waals surface area contributed by atoms with Gasteiger partial charge in [0.25, 0.3) is 0 Å². The van der Waals surface area contributed by atoms with Gasteiger partial charge in [-0.15, -0.1) is 0 Å². The number of rotatable bonds is 6. The van der Waals surface area contributed by atoms with Gasteiger partial charge in [-0.25, -0.2) is 4.79 Å². The van der Waals surface area contributed by atoms with E-state index in [1.165, 1.54) is 0 Å². The summed E-state index contributed by atoms with van der Waals surface area (Å²) in [6.07, 6.45) is 0. The lowest BCUT2D eigenvalue weighted by molar-refractivity contribution is -0.132. The Bertz CT molecular complexity index is 415. The summed E-state index contributed by atoms with van der Waals surface area (Å²) in [7, 11) is 3.47. The second kappa shape index (κ2) is 6.06. The molecule has 0 atom stereocenters. The van der Waals surface area contributed by atoms with Crippen LogP contribution in [0, 0.1) is 0 Å². The Kier molecular flexibility index (Phi) is 4.72. The van der Waals surface area contributed by atoms with E-state index >= 15 is 0 Å². The van der Waals surface area contributed by atoms with Gasteiger partial charge in [0.15, 0.2) is 0 Å². The summed E-state index contributed by atoms with van der Waals surface area (Å²) >= 11 is 0. The maximum atomic E-state index is 10.6. The van der Waals surface area contributed by atoms with Crippen LogP contribution < -0.4 is 4.74 Å². The molecule has 1 rings (SSSR count). The minimum atomic E-state index is -0.956. The minimum Gasteiger partial charge on any atom is -0.497 e. The fourth-order valence-electron chi connectivity index (χ4n) is 1.53. The topological polar surface area (TPSA) is 49.8 Å². The fraction of sp³-hybridized carbons (Fsp3) is 0.308. The average Bonchev–Trinajstić information content (AvgIpc) is 2.28. The number of hydrogen-bond donors (Lipinski definition) is 1. The maximum absolute atomic E-state index is 10.6. The Morgan fingerprint density at radius 2 is 2.24 bits per heavy atom. The molecule has 17 heavy (non-hydrogen) atoms. The van der Waals surface area contributed by atoms with Crippen LogP contribution in [0.4, 0.5) is 0 Å². The number of likely N-dealkylation sites (N-methyl/N-ethyl adjacent to an activating group) is 1. The third-order valence-corrected chi connectivity index (χ3v) is 2.35. The van der Waals surface area contributed by atoms with Gasteiger partial charge >= 0.3 is 5.97 Å². The van der Waals surface area contributed by atoms with Gasteiger partial charge in [0.2, 0.25) is 0 Å². The molecule has 0 spiro atoms. The number of carboxylic acids is 1. The second-order valence-corrected chi connectivity index (χ2v) is 3.93. The van der Waals surface area contributed by atoms with Crippen molar-refractivity contribution < 1.29 is 14.6 Å². The van der Waals surface area contributed by atoms with Gasteiger partial charge in [0.05, 0.1) is 7.11 Å². The quantitative estimate of drug-likeness (QED) is 0.763. The third-order valence-electron chi connectivity index (χ3n) is 2.35. The van der Waals surface area contributed by atoms with E-state index in [0.717, 1.165) is 11.3 Å². The third kappa shape index (κ3) is 4.28. The number of carboxylic acid groups (broad SMARTS) is 1. The lowest BCUT2D eigenvalue weighted by atomic mass is 10.2.